The predicted octanol–water partition coefficient (Wildman–Crippen LogP) is 0.823. The van der Waals surface area contributed by atoms with Crippen LogP contribution < -0.4 is 10.6 Å². The van der Waals surface area contributed by atoms with E-state index in [0.717, 1.165) is 31.5 Å². The van der Waals surface area contributed by atoms with Gasteiger partial charge in [-0.3, -0.25) is 4.79 Å². The van der Waals surface area contributed by atoms with Crippen LogP contribution in [0.2, 0.25) is 0 Å². The lowest BCUT2D eigenvalue weighted by molar-refractivity contribution is -0.132. The topological polar surface area (TPSA) is 50.4 Å². The maximum atomic E-state index is 12.7. The van der Waals surface area contributed by atoms with Gasteiger partial charge in [-0.15, -0.1) is 0 Å². The molecule has 0 bridgehead atoms. The number of amides is 1. The molecular formula is C15H20N2O2. The van der Waals surface area contributed by atoms with Crippen molar-refractivity contribution in [1.82, 2.24) is 10.6 Å². The van der Waals surface area contributed by atoms with E-state index in [2.05, 4.69) is 22.8 Å². The maximum Gasteiger partial charge on any atom is 0.231 e. The average Bonchev–Trinajstić information content (AvgIpc) is 2.44. The highest BCUT2D eigenvalue weighted by atomic mass is 16.5. The molecule has 2 saturated heterocycles. The lowest BCUT2D eigenvalue weighted by atomic mass is 9.72. The van der Waals surface area contributed by atoms with Gasteiger partial charge >= 0.3 is 0 Å². The first-order valence-electron chi connectivity index (χ1n) is 6.96. The van der Waals surface area contributed by atoms with Gasteiger partial charge in [0.2, 0.25) is 5.91 Å². The smallest absolute Gasteiger partial charge is 0.231 e. The number of nitrogens with one attached hydrogen (secondary N) is 2. The van der Waals surface area contributed by atoms with E-state index in [1.54, 1.807) is 0 Å². The number of hydrogen-bond acceptors (Lipinski definition) is 3. The summed E-state index contributed by atoms with van der Waals surface area (Å²) in [6, 6.07) is 10.4. The van der Waals surface area contributed by atoms with Crippen LogP contribution in [-0.4, -0.2) is 38.3 Å². The highest BCUT2D eigenvalue weighted by Gasteiger charge is 2.42. The van der Waals surface area contributed by atoms with Crippen LogP contribution in [0, 0.1) is 0 Å². The van der Waals surface area contributed by atoms with Crippen molar-refractivity contribution >= 4 is 5.91 Å². The van der Waals surface area contributed by atoms with E-state index >= 15 is 0 Å². The molecule has 2 fully saturated rings. The average molecular weight is 260 g/mol. The number of hydrogen-bond donors (Lipinski definition) is 2. The lowest BCUT2D eigenvalue weighted by Crippen LogP contribution is -2.57. The zero-order valence-electron chi connectivity index (χ0n) is 11.0. The van der Waals surface area contributed by atoms with E-state index in [0.29, 0.717) is 13.2 Å². The van der Waals surface area contributed by atoms with Gasteiger partial charge in [-0.2, -0.15) is 0 Å². The Balaban J connectivity index is 1.85. The molecule has 2 aliphatic rings. The summed E-state index contributed by atoms with van der Waals surface area (Å²) in [5, 5.41) is 6.47. The van der Waals surface area contributed by atoms with Gasteiger partial charge in [0.1, 0.15) is 0 Å². The molecule has 4 nitrogen and oxygen atoms in total. The molecule has 1 aromatic rings. The van der Waals surface area contributed by atoms with Gasteiger partial charge < -0.3 is 15.4 Å². The molecule has 0 spiro atoms. The lowest BCUT2D eigenvalue weighted by Gasteiger charge is -2.39. The Morgan fingerprint density at radius 2 is 1.89 bits per heavy atom. The molecule has 1 amide bonds. The molecular weight excluding hydrogens is 240 g/mol. The Hall–Kier alpha value is -1.39. The Labute approximate surface area is 113 Å². The van der Waals surface area contributed by atoms with Crippen molar-refractivity contribution in [2.24, 2.45) is 0 Å². The summed E-state index contributed by atoms with van der Waals surface area (Å²) in [6.45, 7) is 3.08. The molecule has 19 heavy (non-hydrogen) atoms. The second kappa shape index (κ2) is 5.31. The number of carbonyl (C=O) groups is 1. The minimum atomic E-state index is -0.373. The third-order valence-corrected chi connectivity index (χ3v) is 4.19. The van der Waals surface area contributed by atoms with Gasteiger partial charge in [0.05, 0.1) is 24.7 Å². The number of piperidine rings is 1. The van der Waals surface area contributed by atoms with Crippen LogP contribution in [-0.2, 0) is 14.9 Å². The maximum absolute atomic E-state index is 12.7. The number of benzene rings is 1. The molecule has 102 valence electrons. The first-order chi connectivity index (χ1) is 9.31. The third-order valence-electron chi connectivity index (χ3n) is 4.19. The number of ether oxygens (including phenoxy) is 1. The summed E-state index contributed by atoms with van der Waals surface area (Å²) in [5.41, 5.74) is 0.761. The largest absolute Gasteiger partial charge is 0.377 e. The molecule has 3 rings (SSSR count). The fourth-order valence-corrected chi connectivity index (χ4v) is 2.90. The van der Waals surface area contributed by atoms with Crippen LogP contribution in [0.15, 0.2) is 30.3 Å². The molecule has 0 atom stereocenters. The van der Waals surface area contributed by atoms with Crippen LogP contribution in [0.1, 0.15) is 18.4 Å². The standard InChI is InChI=1S/C15H20N2O2/c18-14(17-13-10-19-11-13)15(6-8-16-9-7-15)12-4-2-1-3-5-12/h1-5,13,16H,6-11H2,(H,17,18). The summed E-state index contributed by atoms with van der Waals surface area (Å²) < 4.78 is 5.13. The molecule has 0 unspecified atom stereocenters. The minimum Gasteiger partial charge on any atom is -0.377 e. The van der Waals surface area contributed by atoms with Crippen molar-refractivity contribution in [1.29, 1.82) is 0 Å². The zero-order chi connectivity index (χ0) is 13.1. The molecule has 0 aromatic heterocycles. The van der Waals surface area contributed by atoms with Gasteiger partial charge in [-0.05, 0) is 31.5 Å². The van der Waals surface area contributed by atoms with Gasteiger partial charge in [-0.1, -0.05) is 30.3 Å². The van der Waals surface area contributed by atoms with Crippen LogP contribution in [0.25, 0.3) is 0 Å². The monoisotopic (exact) mass is 260 g/mol. The molecule has 0 radical (unpaired) electrons. The Kier molecular flexibility index (Phi) is 3.53. The van der Waals surface area contributed by atoms with Crippen molar-refractivity contribution < 1.29 is 9.53 Å². The first-order valence-corrected chi connectivity index (χ1v) is 6.96. The predicted molar refractivity (Wildman–Crippen MR) is 73.0 cm³/mol. The molecule has 1 aromatic carbocycles. The van der Waals surface area contributed by atoms with Crippen molar-refractivity contribution in [2.75, 3.05) is 26.3 Å². The quantitative estimate of drug-likeness (QED) is 0.846. The fraction of sp³-hybridized carbons (Fsp3) is 0.533. The molecule has 4 heteroatoms. The summed E-state index contributed by atoms with van der Waals surface area (Å²) in [7, 11) is 0. The van der Waals surface area contributed by atoms with Crippen LogP contribution in [0.4, 0.5) is 0 Å². The van der Waals surface area contributed by atoms with Crippen LogP contribution >= 0.6 is 0 Å². The molecule has 0 aliphatic carbocycles. The first kappa shape index (κ1) is 12.6. The Morgan fingerprint density at radius 3 is 2.47 bits per heavy atom. The van der Waals surface area contributed by atoms with Gasteiger partial charge in [0, 0.05) is 0 Å². The van der Waals surface area contributed by atoms with Crippen molar-refractivity contribution in [3.8, 4) is 0 Å². The summed E-state index contributed by atoms with van der Waals surface area (Å²) >= 11 is 0. The van der Waals surface area contributed by atoms with Gasteiger partial charge in [0.15, 0.2) is 0 Å². The van der Waals surface area contributed by atoms with Gasteiger partial charge in [-0.25, -0.2) is 0 Å². The number of carbonyl (C=O) groups excluding carboxylic acids is 1. The normalized spacial score (nSPS) is 22.5. The van der Waals surface area contributed by atoms with Crippen molar-refractivity contribution in [3.63, 3.8) is 0 Å². The van der Waals surface area contributed by atoms with E-state index in [1.807, 2.05) is 18.2 Å². The van der Waals surface area contributed by atoms with E-state index < -0.39 is 0 Å². The Bertz CT molecular complexity index is 437. The SMILES string of the molecule is O=C(NC1COC1)C1(c2ccccc2)CCNCC1. The minimum absolute atomic E-state index is 0.161. The molecule has 2 heterocycles. The molecule has 0 saturated carbocycles. The van der Waals surface area contributed by atoms with E-state index in [1.165, 1.54) is 0 Å². The highest BCUT2D eigenvalue weighted by Crippen LogP contribution is 2.34. The zero-order valence-corrected chi connectivity index (χ0v) is 11.0. The van der Waals surface area contributed by atoms with Crippen LogP contribution in [0.3, 0.4) is 0 Å². The van der Waals surface area contributed by atoms with Gasteiger partial charge in [0.25, 0.3) is 0 Å². The van der Waals surface area contributed by atoms with Crippen LogP contribution in [0.5, 0.6) is 0 Å². The van der Waals surface area contributed by atoms with Crippen molar-refractivity contribution in [2.45, 2.75) is 24.3 Å². The van der Waals surface area contributed by atoms with E-state index in [9.17, 15) is 4.79 Å². The van der Waals surface area contributed by atoms with E-state index in [-0.39, 0.29) is 17.4 Å². The van der Waals surface area contributed by atoms with E-state index in [4.69, 9.17) is 4.74 Å². The highest BCUT2D eigenvalue weighted by molar-refractivity contribution is 5.88. The van der Waals surface area contributed by atoms with Crippen molar-refractivity contribution in [3.05, 3.63) is 35.9 Å². The Morgan fingerprint density at radius 1 is 1.21 bits per heavy atom. The summed E-state index contributed by atoms with van der Waals surface area (Å²) in [6.07, 6.45) is 1.72. The summed E-state index contributed by atoms with van der Waals surface area (Å²) in [5.74, 6) is 0.161. The fourth-order valence-electron chi connectivity index (χ4n) is 2.90. The second-order valence-electron chi connectivity index (χ2n) is 5.41. The third kappa shape index (κ3) is 2.38. The second-order valence-corrected chi connectivity index (χ2v) is 5.41. The molecule has 2 aliphatic heterocycles. The summed E-state index contributed by atoms with van der Waals surface area (Å²) in [4.78, 5) is 12.7. The number of rotatable bonds is 3. The molecule has 2 N–H and O–H groups in total.